The van der Waals surface area contributed by atoms with E-state index in [-0.39, 0.29) is 47.8 Å². The Hall–Kier alpha value is 0.0966. The number of carbonyl (C=O) groups excluding carboxylic acids is 1. The van der Waals surface area contributed by atoms with E-state index < -0.39 is 41.4 Å². The fourth-order valence-electron chi connectivity index (χ4n) is 1.16. The molecule has 0 fully saturated rings. The summed E-state index contributed by atoms with van der Waals surface area (Å²) in [7, 11) is 0. The van der Waals surface area contributed by atoms with E-state index in [1.54, 1.807) is 0 Å². The Morgan fingerprint density at radius 2 is 1.38 bits per heavy atom. The molecule has 0 saturated heterocycles. The Balaban J connectivity index is 0. The third-order valence-corrected chi connectivity index (χ3v) is 2.07. The second kappa shape index (κ2) is 7.11. The maximum atomic E-state index is 12.9. The molecule has 0 aromatic carbocycles. The van der Waals surface area contributed by atoms with E-state index in [9.17, 15) is 35.5 Å². The summed E-state index contributed by atoms with van der Waals surface area (Å²) in [6, 6.07) is 0. The molecule has 0 aliphatic heterocycles. The summed E-state index contributed by atoms with van der Waals surface area (Å²) in [5.74, 6) is -16.2. The number of aliphatic hydroxyl groups is 1. The second-order valence-electron chi connectivity index (χ2n) is 5.38. The fourth-order valence-corrected chi connectivity index (χ4v) is 1.16. The predicted molar refractivity (Wildman–Crippen MR) is 55.7 cm³/mol. The quantitative estimate of drug-likeness (QED) is 0.395. The summed E-state index contributed by atoms with van der Waals surface area (Å²) in [5.41, 5.74) is -0.713. The average Bonchev–Trinajstić information content (AvgIpc) is 2.11. The Morgan fingerprint density at radius 3 is 1.67 bits per heavy atom. The van der Waals surface area contributed by atoms with Crippen molar-refractivity contribution in [3.8, 4) is 0 Å². The molecule has 0 amide bonds. The van der Waals surface area contributed by atoms with E-state index in [0.29, 0.717) is 0 Å². The van der Waals surface area contributed by atoms with Crippen molar-refractivity contribution >= 4 is 5.78 Å². The number of aliphatic hydroxyl groups excluding tert-OH is 1. The normalized spacial score (nSPS) is 14.7. The number of hydrogen-bond donors (Lipinski definition) is 1. The van der Waals surface area contributed by atoms with Crippen molar-refractivity contribution in [2.45, 2.75) is 45.2 Å². The van der Waals surface area contributed by atoms with Gasteiger partial charge < -0.3 is 5.11 Å². The van der Waals surface area contributed by atoms with E-state index in [1.807, 2.05) is 0 Å². The van der Waals surface area contributed by atoms with E-state index in [2.05, 4.69) is 0 Å². The van der Waals surface area contributed by atoms with Gasteiger partial charge in [0.15, 0.2) is 11.5 Å². The van der Waals surface area contributed by atoms with Crippen LogP contribution in [0, 0.1) is 47.2 Å². The van der Waals surface area contributed by atoms with Crippen LogP contribution in [0.2, 0.25) is 0 Å². The number of ketones is 1. The molecular weight excluding hydrogens is 437 g/mol. The Bertz CT molecular complexity index is 408. The number of allylic oxidation sites excluding steroid dienone is 2. The van der Waals surface area contributed by atoms with Gasteiger partial charge in [-0.05, 0) is 5.41 Å². The monoisotopic (exact) mass is 450 g/mol. The van der Waals surface area contributed by atoms with E-state index in [4.69, 9.17) is 5.11 Å². The van der Waals surface area contributed by atoms with Gasteiger partial charge in [-0.1, -0.05) is 20.8 Å². The summed E-state index contributed by atoms with van der Waals surface area (Å²) < 4.78 is 86.5. The minimum Gasteiger partial charge on any atom is -0.506 e. The van der Waals surface area contributed by atoms with Gasteiger partial charge in [-0.3, -0.25) is 4.79 Å². The topological polar surface area (TPSA) is 37.3 Å². The summed E-state index contributed by atoms with van der Waals surface area (Å²) in [6.07, 6.45) is -7.28. The van der Waals surface area contributed by atoms with Gasteiger partial charge in [0.25, 0.3) is 0 Å². The van der Waals surface area contributed by atoms with Crippen LogP contribution in [0.3, 0.4) is 0 Å². The van der Waals surface area contributed by atoms with Crippen molar-refractivity contribution in [3.05, 3.63) is 11.8 Å². The first-order valence-corrected chi connectivity index (χ1v) is 5.29. The molecule has 0 aromatic heterocycles. The van der Waals surface area contributed by atoms with Crippen LogP contribution >= 0.6 is 0 Å². The van der Waals surface area contributed by atoms with Crippen LogP contribution in [-0.2, 0) is 4.79 Å². The van der Waals surface area contributed by atoms with Crippen LogP contribution in [0.25, 0.3) is 0 Å². The molecule has 2 nitrogen and oxygen atoms in total. The van der Waals surface area contributed by atoms with Gasteiger partial charge >= 0.3 is 59.8 Å². The maximum Gasteiger partial charge on any atom is 4.00 e. The number of halogens is 7. The molecule has 0 radical (unpaired) electrons. The molecule has 0 atom stereocenters. The number of rotatable bonds is 4. The van der Waals surface area contributed by atoms with Crippen molar-refractivity contribution in [1.29, 1.82) is 0 Å². The minimum atomic E-state index is -6.56. The summed E-state index contributed by atoms with van der Waals surface area (Å²) in [4.78, 5) is 11.2. The third kappa shape index (κ3) is 6.01. The molecule has 10 heteroatoms. The van der Waals surface area contributed by atoms with Crippen molar-refractivity contribution in [1.82, 2.24) is 0 Å². The van der Waals surface area contributed by atoms with Gasteiger partial charge in [-0.25, -0.2) is 0 Å². The molecule has 1 N–H and O–H groups in total. The predicted octanol–water partition coefficient (Wildman–Crippen LogP) is 4.27. The molecule has 0 heterocycles. The van der Waals surface area contributed by atoms with Gasteiger partial charge in [0.2, 0.25) is 0 Å². The Labute approximate surface area is 150 Å². The van der Waals surface area contributed by atoms with E-state index in [1.165, 1.54) is 20.8 Å². The zero-order valence-corrected chi connectivity index (χ0v) is 14.4. The van der Waals surface area contributed by atoms with Crippen molar-refractivity contribution in [3.63, 3.8) is 0 Å². The van der Waals surface area contributed by atoms with Crippen molar-refractivity contribution < 1.29 is 82.4 Å². The van der Waals surface area contributed by atoms with Crippen LogP contribution < -0.4 is 0 Å². The first-order valence-electron chi connectivity index (χ1n) is 5.29. The van der Waals surface area contributed by atoms with Gasteiger partial charge in [-0.15, -0.1) is 0 Å². The molecule has 0 rings (SSSR count). The van der Waals surface area contributed by atoms with Gasteiger partial charge in [0.1, 0.15) is 0 Å². The Kier molecular flexibility index (Phi) is 7.91. The second-order valence-corrected chi connectivity index (χ2v) is 5.38. The molecular formula is C11H13CeF7O2+4. The zero-order valence-electron chi connectivity index (χ0n) is 11.3. The van der Waals surface area contributed by atoms with E-state index >= 15 is 0 Å². The first kappa shape index (κ1) is 23.4. The molecule has 118 valence electrons. The van der Waals surface area contributed by atoms with Crippen LogP contribution in [0.4, 0.5) is 30.7 Å². The van der Waals surface area contributed by atoms with Crippen molar-refractivity contribution in [2.75, 3.05) is 0 Å². The van der Waals surface area contributed by atoms with Crippen molar-refractivity contribution in [2.24, 2.45) is 5.41 Å². The molecule has 0 aliphatic carbocycles. The summed E-state index contributed by atoms with van der Waals surface area (Å²) in [6.45, 7) is 4.54. The number of alkyl halides is 7. The summed E-state index contributed by atoms with van der Waals surface area (Å²) in [5, 5.41) is 8.75. The van der Waals surface area contributed by atoms with Crippen LogP contribution in [0.1, 0.15) is 27.2 Å². The minimum absolute atomic E-state index is 0. The smallest absolute Gasteiger partial charge is 0.506 e. The zero-order chi connectivity index (χ0) is 16.6. The first-order chi connectivity index (χ1) is 8.52. The molecule has 0 saturated carbocycles. The largest absolute Gasteiger partial charge is 4.00 e. The third-order valence-electron chi connectivity index (χ3n) is 2.07. The molecule has 0 spiro atoms. The fraction of sp³-hybridized carbons (Fsp3) is 0.727. The standard InChI is InChI=1S/C11H13F7O2.Ce/c1-8(2,3)5-6(19)4-7(20)9(12,13)10(14,15)11(16,17)18;/h4,20H,5H2,1-3H3;/q;+4/b7-4-;. The molecule has 21 heavy (non-hydrogen) atoms. The number of hydrogen-bond acceptors (Lipinski definition) is 2. The van der Waals surface area contributed by atoms with Gasteiger partial charge in [-0.2, -0.15) is 30.7 Å². The average molecular weight is 450 g/mol. The number of carbonyl (C=O) groups is 1. The van der Waals surface area contributed by atoms with E-state index in [0.717, 1.165) is 0 Å². The Morgan fingerprint density at radius 1 is 1.00 bits per heavy atom. The van der Waals surface area contributed by atoms with Gasteiger partial charge in [0.05, 0.1) is 0 Å². The molecule has 0 bridgehead atoms. The molecule has 0 aliphatic rings. The van der Waals surface area contributed by atoms with Gasteiger partial charge in [0, 0.05) is 12.5 Å². The van der Waals surface area contributed by atoms with Crippen LogP contribution in [0.15, 0.2) is 11.8 Å². The van der Waals surface area contributed by atoms with Crippen LogP contribution in [-0.4, -0.2) is 28.9 Å². The molecule has 0 unspecified atom stereocenters. The molecule has 0 aromatic rings. The van der Waals surface area contributed by atoms with Crippen LogP contribution in [0.5, 0.6) is 0 Å². The maximum absolute atomic E-state index is 12.9. The SMILES string of the molecule is CC(C)(C)CC(=O)/C=C(\O)C(F)(F)C(F)(F)C(F)(F)F.[Ce+4]. The summed E-state index contributed by atoms with van der Waals surface area (Å²) >= 11 is 0.